The average Bonchev–Trinajstić information content (AvgIpc) is 3.18. The van der Waals surface area contributed by atoms with Crippen molar-refractivity contribution in [3.63, 3.8) is 0 Å². The van der Waals surface area contributed by atoms with Crippen molar-refractivity contribution in [1.82, 2.24) is 19.4 Å². The number of carbonyl (C=O) groups is 1. The molecule has 0 aromatic carbocycles. The number of likely N-dealkylation sites (N-methyl/N-ethyl adjacent to an activating group) is 1. The Labute approximate surface area is 166 Å². The largest absolute Gasteiger partial charge is 0.354 e. The molecule has 146 valence electrons. The van der Waals surface area contributed by atoms with Gasteiger partial charge >= 0.3 is 0 Å². The summed E-state index contributed by atoms with van der Waals surface area (Å²) >= 11 is 1.43. The lowest BCUT2D eigenvalue weighted by atomic mass is 10.3. The molecule has 4 rings (SSSR count). The van der Waals surface area contributed by atoms with E-state index in [1.807, 2.05) is 17.5 Å². The molecule has 1 N–H and O–H groups in total. The quantitative estimate of drug-likeness (QED) is 0.703. The van der Waals surface area contributed by atoms with Crippen LogP contribution in [-0.2, 0) is 11.3 Å². The topological polar surface area (TPSA) is 83.4 Å². The van der Waals surface area contributed by atoms with Gasteiger partial charge in [-0.3, -0.25) is 14.2 Å². The Balaban J connectivity index is 1.33. The maximum atomic E-state index is 12.3. The van der Waals surface area contributed by atoms with Crippen LogP contribution in [0, 0.1) is 0 Å². The number of carbonyl (C=O) groups excluding carboxylic acids is 1. The maximum Gasteiger partial charge on any atom is 0.262 e. The molecule has 28 heavy (non-hydrogen) atoms. The van der Waals surface area contributed by atoms with Crippen LogP contribution in [0.1, 0.15) is 6.42 Å². The molecular formula is C19H22N6O2S. The summed E-state index contributed by atoms with van der Waals surface area (Å²) in [4.78, 5) is 38.6. The van der Waals surface area contributed by atoms with Gasteiger partial charge in [-0.2, -0.15) is 0 Å². The Hall–Kier alpha value is -2.78. The lowest BCUT2D eigenvalue weighted by Gasteiger charge is -2.33. The van der Waals surface area contributed by atoms with Crippen molar-refractivity contribution in [2.45, 2.75) is 13.0 Å². The standard InChI is InChI=1S/C19H22N6O2S/c1-23-7-9-24(10-8-23)16-3-2-14(12-20-16)22-17(26)4-6-25-13-21-18-15(19(25)27)5-11-28-18/h2-3,5,11-13H,4,6-10H2,1H3,(H,22,26). The third-order valence-corrected chi connectivity index (χ3v) is 5.71. The van der Waals surface area contributed by atoms with E-state index in [0.29, 0.717) is 11.1 Å². The zero-order valence-corrected chi connectivity index (χ0v) is 16.5. The van der Waals surface area contributed by atoms with Crippen LogP contribution in [0.3, 0.4) is 0 Å². The van der Waals surface area contributed by atoms with Crippen LogP contribution in [0.5, 0.6) is 0 Å². The first kappa shape index (κ1) is 18.6. The first-order valence-corrected chi connectivity index (χ1v) is 10.1. The van der Waals surface area contributed by atoms with E-state index >= 15 is 0 Å². The van der Waals surface area contributed by atoms with Crippen molar-refractivity contribution in [2.24, 2.45) is 0 Å². The fraction of sp³-hybridized carbons (Fsp3) is 0.368. The van der Waals surface area contributed by atoms with Crippen LogP contribution in [0.25, 0.3) is 10.2 Å². The number of nitrogens with zero attached hydrogens (tertiary/aromatic N) is 5. The van der Waals surface area contributed by atoms with E-state index in [1.165, 1.54) is 22.2 Å². The van der Waals surface area contributed by atoms with Crippen LogP contribution in [0.4, 0.5) is 11.5 Å². The average molecular weight is 398 g/mol. The second-order valence-electron chi connectivity index (χ2n) is 6.88. The number of aryl methyl sites for hydroxylation is 1. The van der Waals surface area contributed by atoms with Gasteiger partial charge in [0, 0.05) is 39.1 Å². The predicted molar refractivity (Wildman–Crippen MR) is 111 cm³/mol. The molecule has 3 aromatic rings. The number of fused-ring (bicyclic) bond motifs is 1. The molecule has 0 atom stereocenters. The minimum Gasteiger partial charge on any atom is -0.354 e. The molecule has 1 amide bonds. The van der Waals surface area contributed by atoms with Gasteiger partial charge in [0.1, 0.15) is 10.6 Å². The van der Waals surface area contributed by atoms with Crippen molar-refractivity contribution in [3.8, 4) is 0 Å². The zero-order chi connectivity index (χ0) is 19.5. The van der Waals surface area contributed by atoms with E-state index in [-0.39, 0.29) is 24.4 Å². The third-order valence-electron chi connectivity index (χ3n) is 4.89. The summed E-state index contributed by atoms with van der Waals surface area (Å²) < 4.78 is 1.48. The van der Waals surface area contributed by atoms with E-state index in [4.69, 9.17) is 0 Å². The minimum atomic E-state index is -0.161. The Morgan fingerprint density at radius 2 is 2.00 bits per heavy atom. The molecule has 8 nitrogen and oxygen atoms in total. The monoisotopic (exact) mass is 398 g/mol. The van der Waals surface area contributed by atoms with Gasteiger partial charge in [-0.05, 0) is 30.6 Å². The highest BCUT2D eigenvalue weighted by Crippen LogP contribution is 2.16. The first-order valence-electron chi connectivity index (χ1n) is 9.22. The van der Waals surface area contributed by atoms with Crippen LogP contribution >= 0.6 is 11.3 Å². The summed E-state index contributed by atoms with van der Waals surface area (Å²) in [5, 5.41) is 5.28. The summed E-state index contributed by atoms with van der Waals surface area (Å²) in [5.41, 5.74) is 0.541. The Bertz CT molecular complexity index is 1020. The van der Waals surface area contributed by atoms with Crippen LogP contribution < -0.4 is 15.8 Å². The maximum absolute atomic E-state index is 12.3. The number of nitrogens with one attached hydrogen (secondary N) is 1. The summed E-state index contributed by atoms with van der Waals surface area (Å²) in [6, 6.07) is 5.56. The van der Waals surface area contributed by atoms with Gasteiger partial charge in [0.05, 0.1) is 23.6 Å². The Morgan fingerprint density at radius 3 is 2.75 bits per heavy atom. The molecule has 0 aliphatic carbocycles. The van der Waals surface area contributed by atoms with E-state index in [9.17, 15) is 9.59 Å². The van der Waals surface area contributed by atoms with Crippen molar-refractivity contribution >= 4 is 39.0 Å². The molecule has 0 bridgehead atoms. The van der Waals surface area contributed by atoms with Crippen molar-refractivity contribution in [3.05, 3.63) is 46.5 Å². The summed E-state index contributed by atoms with van der Waals surface area (Å²) in [5.74, 6) is 0.763. The minimum absolute atomic E-state index is 0.114. The van der Waals surface area contributed by atoms with Gasteiger partial charge in [-0.25, -0.2) is 9.97 Å². The second-order valence-corrected chi connectivity index (χ2v) is 7.77. The lowest BCUT2D eigenvalue weighted by molar-refractivity contribution is -0.116. The molecular weight excluding hydrogens is 376 g/mol. The highest BCUT2D eigenvalue weighted by Gasteiger charge is 2.15. The summed E-state index contributed by atoms with van der Waals surface area (Å²) in [7, 11) is 2.12. The normalized spacial score (nSPS) is 15.1. The van der Waals surface area contributed by atoms with Gasteiger partial charge in [-0.15, -0.1) is 11.3 Å². The number of amides is 1. The van der Waals surface area contributed by atoms with E-state index in [0.717, 1.165) is 36.8 Å². The predicted octanol–water partition coefficient (Wildman–Crippen LogP) is 1.63. The number of aromatic nitrogens is 3. The molecule has 1 saturated heterocycles. The fourth-order valence-corrected chi connectivity index (χ4v) is 3.90. The lowest BCUT2D eigenvalue weighted by Crippen LogP contribution is -2.44. The smallest absolute Gasteiger partial charge is 0.262 e. The second kappa shape index (κ2) is 8.07. The first-order chi connectivity index (χ1) is 13.6. The highest BCUT2D eigenvalue weighted by atomic mass is 32.1. The zero-order valence-electron chi connectivity index (χ0n) is 15.7. The van der Waals surface area contributed by atoms with E-state index in [1.54, 1.807) is 12.3 Å². The number of piperazine rings is 1. The van der Waals surface area contributed by atoms with Gasteiger partial charge in [0.25, 0.3) is 5.56 Å². The number of anilines is 2. The van der Waals surface area contributed by atoms with Crippen molar-refractivity contribution < 1.29 is 4.79 Å². The van der Waals surface area contributed by atoms with Gasteiger partial charge in [0.2, 0.25) is 5.91 Å². The van der Waals surface area contributed by atoms with Gasteiger partial charge in [0.15, 0.2) is 0 Å². The van der Waals surface area contributed by atoms with E-state index < -0.39 is 0 Å². The van der Waals surface area contributed by atoms with Gasteiger partial charge < -0.3 is 15.1 Å². The highest BCUT2D eigenvalue weighted by molar-refractivity contribution is 7.16. The number of pyridine rings is 1. The molecule has 0 radical (unpaired) electrons. The summed E-state index contributed by atoms with van der Waals surface area (Å²) in [6.45, 7) is 4.23. The Morgan fingerprint density at radius 1 is 1.18 bits per heavy atom. The SMILES string of the molecule is CN1CCN(c2ccc(NC(=O)CCn3cnc4sccc4c3=O)cn2)CC1. The molecule has 0 unspecified atom stereocenters. The van der Waals surface area contributed by atoms with Crippen LogP contribution in [-0.4, -0.2) is 58.6 Å². The molecule has 1 fully saturated rings. The van der Waals surface area contributed by atoms with Gasteiger partial charge in [-0.1, -0.05) is 0 Å². The molecule has 1 aliphatic rings. The summed E-state index contributed by atoms with van der Waals surface area (Å²) in [6.07, 6.45) is 3.37. The van der Waals surface area contributed by atoms with Crippen LogP contribution in [0.2, 0.25) is 0 Å². The number of hydrogen-bond donors (Lipinski definition) is 1. The number of rotatable bonds is 5. The molecule has 0 saturated carbocycles. The molecule has 1 aliphatic heterocycles. The van der Waals surface area contributed by atoms with Crippen molar-refractivity contribution in [2.75, 3.05) is 43.4 Å². The molecule has 0 spiro atoms. The fourth-order valence-electron chi connectivity index (χ4n) is 3.18. The van der Waals surface area contributed by atoms with Crippen molar-refractivity contribution in [1.29, 1.82) is 0 Å². The Kier molecular flexibility index (Phi) is 5.36. The van der Waals surface area contributed by atoms with E-state index in [2.05, 4.69) is 32.1 Å². The molecule has 3 aromatic heterocycles. The number of thiophene rings is 1. The number of hydrogen-bond acceptors (Lipinski definition) is 7. The molecule has 4 heterocycles. The third kappa shape index (κ3) is 4.05. The molecule has 9 heteroatoms. The van der Waals surface area contributed by atoms with Crippen LogP contribution in [0.15, 0.2) is 40.9 Å².